The fraction of sp³-hybridized carbons (Fsp3) is 0.667. The van der Waals surface area contributed by atoms with Gasteiger partial charge in [0.1, 0.15) is 0 Å². The van der Waals surface area contributed by atoms with Crippen molar-refractivity contribution in [1.82, 2.24) is 15.1 Å². The first-order chi connectivity index (χ1) is 5.88. The number of nitrogens with zero attached hydrogens (tertiary/aromatic N) is 2. The lowest BCUT2D eigenvalue weighted by atomic mass is 10.3. The molecule has 0 atom stereocenters. The summed E-state index contributed by atoms with van der Waals surface area (Å²) in [5.41, 5.74) is 1.30. The molecule has 3 nitrogen and oxygen atoms in total. The molecule has 1 aliphatic rings. The molecule has 1 saturated carbocycles. The molecule has 1 aromatic heterocycles. The number of hydrogen-bond donors (Lipinski definition) is 1. The maximum absolute atomic E-state index is 4.21. The summed E-state index contributed by atoms with van der Waals surface area (Å²) in [6.07, 6.45) is 6.75. The molecule has 1 aromatic rings. The van der Waals surface area contributed by atoms with Crippen LogP contribution in [0.25, 0.3) is 0 Å². The van der Waals surface area contributed by atoms with Crippen LogP contribution in [0.2, 0.25) is 0 Å². The summed E-state index contributed by atoms with van der Waals surface area (Å²) in [5.74, 6) is 0. The van der Waals surface area contributed by atoms with Gasteiger partial charge in [-0.2, -0.15) is 5.10 Å². The maximum atomic E-state index is 4.21. The second-order valence-electron chi connectivity index (χ2n) is 3.36. The third kappa shape index (κ3) is 1.85. The Morgan fingerprint density at radius 1 is 1.67 bits per heavy atom. The van der Waals surface area contributed by atoms with Crippen molar-refractivity contribution in [3.63, 3.8) is 0 Å². The van der Waals surface area contributed by atoms with Crippen molar-refractivity contribution >= 4 is 0 Å². The van der Waals surface area contributed by atoms with E-state index in [2.05, 4.69) is 23.5 Å². The van der Waals surface area contributed by atoms with Crippen LogP contribution in [-0.2, 0) is 13.1 Å². The average Bonchev–Trinajstić information content (AvgIpc) is 2.81. The Morgan fingerprint density at radius 3 is 3.08 bits per heavy atom. The lowest BCUT2D eigenvalue weighted by molar-refractivity contribution is 0.655. The van der Waals surface area contributed by atoms with E-state index in [-0.39, 0.29) is 0 Å². The van der Waals surface area contributed by atoms with E-state index in [1.54, 1.807) is 0 Å². The Hall–Kier alpha value is -0.830. The number of aryl methyl sites for hydroxylation is 1. The molecule has 0 radical (unpaired) electrons. The highest BCUT2D eigenvalue weighted by atomic mass is 15.3. The zero-order valence-corrected chi connectivity index (χ0v) is 7.45. The van der Waals surface area contributed by atoms with E-state index in [1.807, 2.05) is 10.9 Å². The standard InChI is InChI=1S/C9H15N3/c1-2-12-7-8(6-11-12)5-10-9-3-4-9/h6-7,9-10H,2-5H2,1H3. The minimum Gasteiger partial charge on any atom is -0.310 e. The summed E-state index contributed by atoms with van der Waals surface area (Å²) in [6.45, 7) is 4.04. The van der Waals surface area contributed by atoms with Crippen molar-refractivity contribution in [2.24, 2.45) is 0 Å². The number of aromatic nitrogens is 2. The lowest BCUT2D eigenvalue weighted by Gasteiger charge is -1.97. The van der Waals surface area contributed by atoms with Gasteiger partial charge in [-0.15, -0.1) is 0 Å². The fourth-order valence-electron chi connectivity index (χ4n) is 1.22. The summed E-state index contributed by atoms with van der Waals surface area (Å²) in [4.78, 5) is 0. The van der Waals surface area contributed by atoms with Crippen LogP contribution < -0.4 is 5.32 Å². The zero-order chi connectivity index (χ0) is 8.39. The SMILES string of the molecule is CCn1cc(CNC2CC2)cn1. The molecule has 1 N–H and O–H groups in total. The summed E-state index contributed by atoms with van der Waals surface area (Å²) < 4.78 is 1.96. The minimum atomic E-state index is 0.787. The van der Waals surface area contributed by atoms with Gasteiger partial charge < -0.3 is 5.32 Å². The van der Waals surface area contributed by atoms with Crippen molar-refractivity contribution in [2.75, 3.05) is 0 Å². The molecular weight excluding hydrogens is 150 g/mol. The lowest BCUT2D eigenvalue weighted by Crippen LogP contribution is -2.14. The van der Waals surface area contributed by atoms with E-state index in [1.165, 1.54) is 18.4 Å². The van der Waals surface area contributed by atoms with E-state index in [4.69, 9.17) is 0 Å². The summed E-state index contributed by atoms with van der Waals surface area (Å²) in [7, 11) is 0. The molecule has 0 unspecified atom stereocenters. The second-order valence-corrected chi connectivity index (χ2v) is 3.36. The monoisotopic (exact) mass is 165 g/mol. The topological polar surface area (TPSA) is 29.9 Å². The first-order valence-corrected chi connectivity index (χ1v) is 4.63. The molecule has 0 aliphatic heterocycles. The van der Waals surface area contributed by atoms with Crippen LogP contribution in [-0.4, -0.2) is 15.8 Å². The summed E-state index contributed by atoms with van der Waals surface area (Å²) >= 11 is 0. The minimum absolute atomic E-state index is 0.787. The first kappa shape index (κ1) is 7.80. The molecule has 12 heavy (non-hydrogen) atoms. The van der Waals surface area contributed by atoms with Crippen LogP contribution in [0.1, 0.15) is 25.3 Å². The van der Waals surface area contributed by atoms with Gasteiger partial charge in [-0.25, -0.2) is 0 Å². The average molecular weight is 165 g/mol. The van der Waals surface area contributed by atoms with Crippen molar-refractivity contribution in [2.45, 2.75) is 38.9 Å². The van der Waals surface area contributed by atoms with Gasteiger partial charge in [0.2, 0.25) is 0 Å². The molecule has 0 saturated heterocycles. The largest absolute Gasteiger partial charge is 0.310 e. The third-order valence-electron chi connectivity index (χ3n) is 2.18. The van der Waals surface area contributed by atoms with Gasteiger partial charge >= 0.3 is 0 Å². The molecule has 3 heteroatoms. The predicted molar refractivity (Wildman–Crippen MR) is 47.8 cm³/mol. The highest BCUT2D eigenvalue weighted by molar-refractivity contribution is 5.04. The highest BCUT2D eigenvalue weighted by Crippen LogP contribution is 2.19. The summed E-state index contributed by atoms with van der Waals surface area (Å²) in [6, 6.07) is 0.787. The molecule has 0 bridgehead atoms. The molecule has 0 aromatic carbocycles. The molecular formula is C9H15N3. The molecule has 1 aliphatic carbocycles. The van der Waals surface area contributed by atoms with Gasteiger partial charge in [-0.05, 0) is 19.8 Å². The van der Waals surface area contributed by atoms with Crippen LogP contribution in [0.5, 0.6) is 0 Å². The normalized spacial score (nSPS) is 16.8. The van der Waals surface area contributed by atoms with E-state index in [0.29, 0.717) is 0 Å². The number of nitrogens with one attached hydrogen (secondary N) is 1. The van der Waals surface area contributed by atoms with Gasteiger partial charge in [-0.1, -0.05) is 0 Å². The molecule has 1 fully saturated rings. The van der Waals surface area contributed by atoms with E-state index < -0.39 is 0 Å². The van der Waals surface area contributed by atoms with Crippen molar-refractivity contribution in [3.05, 3.63) is 18.0 Å². The Kier molecular flexibility index (Phi) is 2.13. The van der Waals surface area contributed by atoms with Gasteiger partial charge in [-0.3, -0.25) is 4.68 Å². The van der Waals surface area contributed by atoms with Crippen LogP contribution in [0, 0.1) is 0 Å². The third-order valence-corrected chi connectivity index (χ3v) is 2.18. The van der Waals surface area contributed by atoms with Gasteiger partial charge in [0, 0.05) is 30.9 Å². The first-order valence-electron chi connectivity index (χ1n) is 4.63. The van der Waals surface area contributed by atoms with Crippen molar-refractivity contribution in [1.29, 1.82) is 0 Å². The van der Waals surface area contributed by atoms with Crippen LogP contribution >= 0.6 is 0 Å². The molecule has 1 heterocycles. The van der Waals surface area contributed by atoms with Crippen molar-refractivity contribution in [3.8, 4) is 0 Å². The molecule has 0 spiro atoms. The van der Waals surface area contributed by atoms with Crippen LogP contribution in [0.3, 0.4) is 0 Å². The van der Waals surface area contributed by atoms with Gasteiger partial charge in [0.25, 0.3) is 0 Å². The van der Waals surface area contributed by atoms with E-state index in [0.717, 1.165) is 19.1 Å². The smallest absolute Gasteiger partial charge is 0.0534 e. The molecule has 2 rings (SSSR count). The van der Waals surface area contributed by atoms with Gasteiger partial charge in [0.15, 0.2) is 0 Å². The van der Waals surface area contributed by atoms with E-state index >= 15 is 0 Å². The van der Waals surface area contributed by atoms with Crippen molar-refractivity contribution < 1.29 is 0 Å². The Morgan fingerprint density at radius 2 is 2.50 bits per heavy atom. The Balaban J connectivity index is 1.84. The quantitative estimate of drug-likeness (QED) is 0.725. The summed E-state index contributed by atoms with van der Waals surface area (Å²) in [5, 5.41) is 7.67. The maximum Gasteiger partial charge on any atom is 0.0534 e. The number of rotatable bonds is 4. The van der Waals surface area contributed by atoms with E-state index in [9.17, 15) is 0 Å². The second kappa shape index (κ2) is 3.27. The predicted octanol–water partition coefficient (Wildman–Crippen LogP) is 1.16. The highest BCUT2D eigenvalue weighted by Gasteiger charge is 2.19. The Bertz CT molecular complexity index is 250. The molecule has 0 amide bonds. The fourth-order valence-corrected chi connectivity index (χ4v) is 1.22. The van der Waals surface area contributed by atoms with Gasteiger partial charge in [0.05, 0.1) is 6.20 Å². The zero-order valence-electron chi connectivity index (χ0n) is 7.45. The molecule has 66 valence electrons. The Labute approximate surface area is 72.8 Å². The van der Waals surface area contributed by atoms with Crippen LogP contribution in [0.15, 0.2) is 12.4 Å². The number of hydrogen-bond acceptors (Lipinski definition) is 2. The van der Waals surface area contributed by atoms with Crippen LogP contribution in [0.4, 0.5) is 0 Å².